The van der Waals surface area contributed by atoms with Crippen molar-refractivity contribution in [3.05, 3.63) is 29.3 Å². The lowest BCUT2D eigenvalue weighted by Gasteiger charge is -2.48. The molecule has 1 heterocycles. The van der Waals surface area contributed by atoms with Crippen molar-refractivity contribution in [2.45, 2.75) is 26.4 Å². The molecule has 0 aromatic heterocycles. The van der Waals surface area contributed by atoms with Gasteiger partial charge in [0, 0.05) is 26.2 Å². The Hall–Kier alpha value is -0.770. The fourth-order valence-corrected chi connectivity index (χ4v) is 3.09. The lowest BCUT2D eigenvalue weighted by atomic mass is 10.1. The van der Waals surface area contributed by atoms with Crippen LogP contribution in [0.5, 0.6) is 0 Å². The molecule has 0 aliphatic carbocycles. The van der Waals surface area contributed by atoms with E-state index in [0.717, 1.165) is 43.4 Å². The molecule has 0 unspecified atom stereocenters. The van der Waals surface area contributed by atoms with E-state index >= 15 is 0 Å². The normalized spacial score (nSPS) is 17.8. The summed E-state index contributed by atoms with van der Waals surface area (Å²) < 4.78 is 0. The Bertz CT molecular complexity index is 439. The van der Waals surface area contributed by atoms with Gasteiger partial charge in [-0.25, -0.2) is 0 Å². The molecule has 1 aromatic rings. The minimum Gasteiger partial charge on any atom is -0.368 e. The molecule has 4 heteroatoms. The van der Waals surface area contributed by atoms with Gasteiger partial charge in [0.05, 0.1) is 16.4 Å². The van der Waals surface area contributed by atoms with E-state index < -0.39 is 0 Å². The Morgan fingerprint density at radius 3 is 2.30 bits per heavy atom. The van der Waals surface area contributed by atoms with Crippen molar-refractivity contribution < 1.29 is 0 Å². The van der Waals surface area contributed by atoms with E-state index in [-0.39, 0.29) is 5.66 Å². The predicted octanol–water partition coefficient (Wildman–Crippen LogP) is 3.15. The molecule has 0 N–H and O–H groups in total. The molecule has 1 aliphatic heterocycles. The van der Waals surface area contributed by atoms with Gasteiger partial charge >= 0.3 is 0 Å². The summed E-state index contributed by atoms with van der Waals surface area (Å²) in [6.07, 6.45) is 0. The number of nitrogens with zero attached hydrogens (tertiary/aromatic N) is 3. The summed E-state index contributed by atoms with van der Waals surface area (Å²) in [5.74, 6) is 0. The van der Waals surface area contributed by atoms with Gasteiger partial charge in [-0.2, -0.15) is 0 Å². The first-order valence-corrected chi connectivity index (χ1v) is 7.80. The summed E-state index contributed by atoms with van der Waals surface area (Å²) >= 11 is 6.29. The fourth-order valence-electron chi connectivity index (χ4n) is 2.83. The number of para-hydroxylation sites is 1. The molecule has 1 aromatic carbocycles. The summed E-state index contributed by atoms with van der Waals surface area (Å²) in [4.78, 5) is 7.35. The van der Waals surface area contributed by atoms with E-state index in [1.807, 2.05) is 12.1 Å². The van der Waals surface area contributed by atoms with Crippen molar-refractivity contribution in [2.24, 2.45) is 0 Å². The number of rotatable bonds is 4. The Balaban J connectivity index is 2.01. The third-order valence-electron chi connectivity index (χ3n) is 4.66. The van der Waals surface area contributed by atoms with Gasteiger partial charge in [-0.15, -0.1) is 0 Å². The summed E-state index contributed by atoms with van der Waals surface area (Å²) in [6.45, 7) is 12.1. The second-order valence-corrected chi connectivity index (χ2v) is 6.34. The third kappa shape index (κ3) is 3.11. The van der Waals surface area contributed by atoms with Crippen LogP contribution in [0.4, 0.5) is 5.69 Å². The zero-order chi connectivity index (χ0) is 14.8. The molecule has 3 nitrogen and oxygen atoms in total. The summed E-state index contributed by atoms with van der Waals surface area (Å²) in [7, 11) is 2.19. The third-order valence-corrected chi connectivity index (χ3v) is 4.97. The Morgan fingerprint density at radius 2 is 1.75 bits per heavy atom. The van der Waals surface area contributed by atoms with Gasteiger partial charge < -0.3 is 4.90 Å². The first-order chi connectivity index (χ1) is 9.46. The van der Waals surface area contributed by atoms with Crippen LogP contribution in [0.3, 0.4) is 0 Å². The Labute approximate surface area is 128 Å². The fraction of sp³-hybridized carbons (Fsp3) is 0.625. The van der Waals surface area contributed by atoms with Crippen LogP contribution in [0.1, 0.15) is 20.8 Å². The molecule has 0 spiro atoms. The molecule has 2 rings (SSSR count). The standard InChI is InChI=1S/C16H26ClN3/c1-5-18(4)16(2,3)20-12-10-19(11-13-20)15-9-7-6-8-14(15)17/h6-9H,5,10-13H2,1-4H3. The predicted molar refractivity (Wildman–Crippen MR) is 87.6 cm³/mol. The van der Waals surface area contributed by atoms with Crippen molar-refractivity contribution in [2.75, 3.05) is 44.7 Å². The molecule has 20 heavy (non-hydrogen) atoms. The highest BCUT2D eigenvalue weighted by Gasteiger charge is 2.32. The highest BCUT2D eigenvalue weighted by molar-refractivity contribution is 6.33. The molecule has 1 saturated heterocycles. The Morgan fingerprint density at radius 1 is 1.15 bits per heavy atom. The molecular weight excluding hydrogens is 270 g/mol. The first-order valence-electron chi connectivity index (χ1n) is 7.42. The lowest BCUT2D eigenvalue weighted by molar-refractivity contribution is -0.0165. The van der Waals surface area contributed by atoms with Crippen molar-refractivity contribution in [1.29, 1.82) is 0 Å². The van der Waals surface area contributed by atoms with E-state index in [1.54, 1.807) is 0 Å². The number of benzene rings is 1. The number of halogens is 1. The van der Waals surface area contributed by atoms with Crippen LogP contribution >= 0.6 is 11.6 Å². The second kappa shape index (κ2) is 6.33. The minimum atomic E-state index is 0.112. The maximum Gasteiger partial charge on any atom is 0.0678 e. The van der Waals surface area contributed by atoms with Gasteiger partial charge in [0.15, 0.2) is 0 Å². The van der Waals surface area contributed by atoms with E-state index in [1.165, 1.54) is 0 Å². The zero-order valence-electron chi connectivity index (χ0n) is 13.1. The lowest BCUT2D eigenvalue weighted by Crippen LogP contribution is -2.61. The van der Waals surface area contributed by atoms with E-state index in [9.17, 15) is 0 Å². The van der Waals surface area contributed by atoms with Crippen LogP contribution in [0, 0.1) is 0 Å². The van der Waals surface area contributed by atoms with Gasteiger partial charge in [-0.1, -0.05) is 30.7 Å². The van der Waals surface area contributed by atoms with Crippen LogP contribution in [0.15, 0.2) is 24.3 Å². The first kappa shape index (κ1) is 15.6. The summed E-state index contributed by atoms with van der Waals surface area (Å²) in [5, 5.41) is 0.853. The smallest absolute Gasteiger partial charge is 0.0678 e. The van der Waals surface area contributed by atoms with Gasteiger partial charge in [0.1, 0.15) is 0 Å². The topological polar surface area (TPSA) is 9.72 Å². The molecule has 0 bridgehead atoms. The maximum atomic E-state index is 6.29. The van der Waals surface area contributed by atoms with Crippen LogP contribution in [0.25, 0.3) is 0 Å². The highest BCUT2D eigenvalue weighted by Crippen LogP contribution is 2.28. The van der Waals surface area contributed by atoms with Gasteiger partial charge in [-0.3, -0.25) is 9.80 Å². The zero-order valence-corrected chi connectivity index (χ0v) is 13.8. The van der Waals surface area contributed by atoms with E-state index in [2.05, 4.69) is 54.7 Å². The molecule has 0 saturated carbocycles. The van der Waals surface area contributed by atoms with E-state index in [4.69, 9.17) is 11.6 Å². The van der Waals surface area contributed by atoms with Crippen molar-refractivity contribution in [1.82, 2.24) is 9.80 Å². The van der Waals surface area contributed by atoms with Crippen molar-refractivity contribution in [3.8, 4) is 0 Å². The molecular formula is C16H26ClN3. The van der Waals surface area contributed by atoms with Gasteiger partial charge in [0.2, 0.25) is 0 Å². The monoisotopic (exact) mass is 295 g/mol. The minimum absolute atomic E-state index is 0.112. The summed E-state index contributed by atoms with van der Waals surface area (Å²) in [5.41, 5.74) is 1.27. The average Bonchev–Trinajstić information content (AvgIpc) is 2.47. The second-order valence-electron chi connectivity index (χ2n) is 5.93. The van der Waals surface area contributed by atoms with Crippen molar-refractivity contribution >= 4 is 17.3 Å². The molecule has 1 aliphatic rings. The SMILES string of the molecule is CCN(C)C(C)(C)N1CCN(c2ccccc2Cl)CC1. The average molecular weight is 296 g/mol. The molecule has 1 fully saturated rings. The van der Waals surface area contributed by atoms with Crippen LogP contribution < -0.4 is 4.90 Å². The quantitative estimate of drug-likeness (QED) is 0.845. The van der Waals surface area contributed by atoms with Gasteiger partial charge in [-0.05, 0) is 39.6 Å². The molecule has 0 amide bonds. The number of hydrogen-bond acceptors (Lipinski definition) is 3. The number of anilines is 1. The number of piperazine rings is 1. The molecule has 0 radical (unpaired) electrons. The summed E-state index contributed by atoms with van der Waals surface area (Å²) in [6, 6.07) is 8.13. The van der Waals surface area contributed by atoms with Crippen LogP contribution in [-0.4, -0.2) is 55.2 Å². The number of hydrogen-bond donors (Lipinski definition) is 0. The van der Waals surface area contributed by atoms with Crippen LogP contribution in [-0.2, 0) is 0 Å². The van der Waals surface area contributed by atoms with E-state index in [0.29, 0.717) is 0 Å². The Kier molecular flexibility index (Phi) is 4.95. The maximum absolute atomic E-state index is 6.29. The highest BCUT2D eigenvalue weighted by atomic mass is 35.5. The van der Waals surface area contributed by atoms with Gasteiger partial charge in [0.25, 0.3) is 0 Å². The van der Waals surface area contributed by atoms with Crippen molar-refractivity contribution in [3.63, 3.8) is 0 Å². The largest absolute Gasteiger partial charge is 0.368 e. The van der Waals surface area contributed by atoms with Crippen LogP contribution in [0.2, 0.25) is 5.02 Å². The molecule has 0 atom stereocenters. The molecule has 112 valence electrons.